The van der Waals surface area contributed by atoms with Crippen molar-refractivity contribution in [1.82, 2.24) is 0 Å². The summed E-state index contributed by atoms with van der Waals surface area (Å²) in [6.45, 7) is 2.30. The zero-order valence-corrected chi connectivity index (χ0v) is 8.30. The lowest BCUT2D eigenvalue weighted by atomic mass is 10.2. The maximum atomic E-state index is 13.2. The molecule has 0 aromatic heterocycles. The smallest absolute Gasteiger partial charge is 0.146 e. The summed E-state index contributed by atoms with van der Waals surface area (Å²) in [6, 6.07) is 3.29. The molecule has 4 heteroatoms. The first-order chi connectivity index (χ1) is 6.50. The molecule has 0 saturated heterocycles. The standard InChI is InChI=1S/C10H14F2N2/c1-7(13)6-14(2)10-5-8(11)3-4-9(10)12/h3-5,7H,6,13H2,1-2H3. The second-order valence-electron chi connectivity index (χ2n) is 3.45. The lowest BCUT2D eigenvalue weighted by molar-refractivity contribution is 0.592. The molecule has 0 heterocycles. The Morgan fingerprint density at radius 3 is 2.64 bits per heavy atom. The van der Waals surface area contributed by atoms with E-state index in [9.17, 15) is 8.78 Å². The normalized spacial score (nSPS) is 12.6. The first-order valence-electron chi connectivity index (χ1n) is 4.42. The van der Waals surface area contributed by atoms with E-state index in [1.54, 1.807) is 11.9 Å². The van der Waals surface area contributed by atoms with E-state index in [0.29, 0.717) is 6.54 Å². The Hall–Kier alpha value is -1.16. The van der Waals surface area contributed by atoms with Crippen LogP contribution in [0.4, 0.5) is 14.5 Å². The molecule has 1 rings (SSSR count). The molecular formula is C10H14F2N2. The molecule has 0 aliphatic heterocycles. The molecular weight excluding hydrogens is 186 g/mol. The summed E-state index contributed by atoms with van der Waals surface area (Å²) in [5.41, 5.74) is 5.80. The van der Waals surface area contributed by atoms with Crippen LogP contribution in [-0.2, 0) is 0 Å². The van der Waals surface area contributed by atoms with E-state index >= 15 is 0 Å². The molecule has 0 fully saturated rings. The molecule has 1 atom stereocenters. The fourth-order valence-electron chi connectivity index (χ4n) is 1.31. The summed E-state index contributed by atoms with van der Waals surface area (Å²) in [4.78, 5) is 1.60. The van der Waals surface area contributed by atoms with E-state index in [4.69, 9.17) is 5.73 Å². The molecule has 1 unspecified atom stereocenters. The summed E-state index contributed by atoms with van der Waals surface area (Å²) < 4.78 is 26.0. The Bertz CT molecular complexity index is 313. The van der Waals surface area contributed by atoms with Gasteiger partial charge in [-0.3, -0.25) is 0 Å². The average Bonchev–Trinajstić information content (AvgIpc) is 2.08. The van der Waals surface area contributed by atoms with Crippen LogP contribution >= 0.6 is 0 Å². The molecule has 0 amide bonds. The van der Waals surface area contributed by atoms with E-state index < -0.39 is 11.6 Å². The highest BCUT2D eigenvalue weighted by molar-refractivity contribution is 5.47. The maximum Gasteiger partial charge on any atom is 0.146 e. The van der Waals surface area contributed by atoms with Crippen molar-refractivity contribution in [2.75, 3.05) is 18.5 Å². The molecule has 0 saturated carbocycles. The third-order valence-electron chi connectivity index (χ3n) is 1.88. The van der Waals surface area contributed by atoms with Crippen LogP contribution in [0.2, 0.25) is 0 Å². The first-order valence-corrected chi connectivity index (χ1v) is 4.42. The van der Waals surface area contributed by atoms with Gasteiger partial charge in [0.05, 0.1) is 5.69 Å². The van der Waals surface area contributed by atoms with Gasteiger partial charge >= 0.3 is 0 Å². The predicted molar refractivity (Wildman–Crippen MR) is 53.3 cm³/mol. The van der Waals surface area contributed by atoms with Gasteiger partial charge in [0.15, 0.2) is 0 Å². The van der Waals surface area contributed by atoms with Crippen molar-refractivity contribution in [1.29, 1.82) is 0 Å². The molecule has 0 aliphatic rings. The van der Waals surface area contributed by atoms with Gasteiger partial charge in [0.1, 0.15) is 11.6 Å². The van der Waals surface area contributed by atoms with Gasteiger partial charge in [-0.15, -0.1) is 0 Å². The molecule has 0 spiro atoms. The Labute approximate surface area is 82.3 Å². The Balaban J connectivity index is 2.88. The highest BCUT2D eigenvalue weighted by Gasteiger charge is 2.09. The number of benzene rings is 1. The molecule has 2 N–H and O–H groups in total. The largest absolute Gasteiger partial charge is 0.371 e. The zero-order valence-electron chi connectivity index (χ0n) is 8.30. The van der Waals surface area contributed by atoms with Crippen LogP contribution < -0.4 is 10.6 Å². The molecule has 0 radical (unpaired) electrons. The number of hydrogen-bond donors (Lipinski definition) is 1. The topological polar surface area (TPSA) is 29.3 Å². The predicted octanol–water partition coefficient (Wildman–Crippen LogP) is 1.75. The average molecular weight is 200 g/mol. The summed E-state index contributed by atoms with van der Waals surface area (Å²) in [5.74, 6) is -0.882. The minimum atomic E-state index is -0.446. The molecule has 0 bridgehead atoms. The van der Waals surface area contributed by atoms with Crippen molar-refractivity contribution in [3.8, 4) is 0 Å². The maximum absolute atomic E-state index is 13.2. The summed E-state index contributed by atoms with van der Waals surface area (Å²) in [7, 11) is 1.68. The lowest BCUT2D eigenvalue weighted by Gasteiger charge is -2.21. The number of nitrogens with two attached hydrogens (primary N) is 1. The number of nitrogens with zero attached hydrogens (tertiary/aromatic N) is 1. The van der Waals surface area contributed by atoms with E-state index in [1.165, 1.54) is 0 Å². The summed E-state index contributed by atoms with van der Waals surface area (Å²) >= 11 is 0. The molecule has 78 valence electrons. The monoisotopic (exact) mass is 200 g/mol. The Morgan fingerprint density at radius 1 is 1.43 bits per heavy atom. The second kappa shape index (κ2) is 4.37. The molecule has 0 aliphatic carbocycles. The number of anilines is 1. The van der Waals surface area contributed by atoms with Crippen molar-refractivity contribution in [2.45, 2.75) is 13.0 Å². The van der Waals surface area contributed by atoms with Gasteiger partial charge in [-0.05, 0) is 19.1 Å². The number of rotatable bonds is 3. The quantitative estimate of drug-likeness (QED) is 0.805. The van der Waals surface area contributed by atoms with E-state index in [-0.39, 0.29) is 11.7 Å². The molecule has 1 aromatic rings. The third-order valence-corrected chi connectivity index (χ3v) is 1.88. The fourth-order valence-corrected chi connectivity index (χ4v) is 1.31. The fraction of sp³-hybridized carbons (Fsp3) is 0.400. The number of likely N-dealkylation sites (N-methyl/N-ethyl adjacent to an activating group) is 1. The van der Waals surface area contributed by atoms with Crippen LogP contribution in [-0.4, -0.2) is 19.6 Å². The van der Waals surface area contributed by atoms with Crippen LogP contribution in [0.3, 0.4) is 0 Å². The van der Waals surface area contributed by atoms with Gasteiger partial charge in [-0.2, -0.15) is 0 Å². The SMILES string of the molecule is CC(N)CN(C)c1cc(F)ccc1F. The minimum Gasteiger partial charge on any atom is -0.371 e. The van der Waals surface area contributed by atoms with Crippen LogP contribution in [0.5, 0.6) is 0 Å². The van der Waals surface area contributed by atoms with Crippen LogP contribution in [0.25, 0.3) is 0 Å². The summed E-state index contributed by atoms with van der Waals surface area (Å²) in [5, 5.41) is 0. The minimum absolute atomic E-state index is 0.0809. The van der Waals surface area contributed by atoms with Gasteiger partial charge in [0, 0.05) is 25.7 Å². The highest BCUT2D eigenvalue weighted by Crippen LogP contribution is 2.18. The second-order valence-corrected chi connectivity index (χ2v) is 3.45. The van der Waals surface area contributed by atoms with E-state index in [1.807, 2.05) is 6.92 Å². The van der Waals surface area contributed by atoms with E-state index in [2.05, 4.69) is 0 Å². The van der Waals surface area contributed by atoms with Crippen molar-refractivity contribution < 1.29 is 8.78 Å². The van der Waals surface area contributed by atoms with Gasteiger partial charge in [0.25, 0.3) is 0 Å². The molecule has 2 nitrogen and oxygen atoms in total. The first kappa shape index (κ1) is 10.9. The van der Waals surface area contributed by atoms with Crippen molar-refractivity contribution in [3.05, 3.63) is 29.8 Å². The van der Waals surface area contributed by atoms with Crippen LogP contribution in [0.1, 0.15) is 6.92 Å². The van der Waals surface area contributed by atoms with Crippen LogP contribution in [0, 0.1) is 11.6 Å². The highest BCUT2D eigenvalue weighted by atomic mass is 19.1. The van der Waals surface area contributed by atoms with Crippen molar-refractivity contribution in [2.24, 2.45) is 5.73 Å². The zero-order chi connectivity index (χ0) is 10.7. The number of hydrogen-bond acceptors (Lipinski definition) is 2. The Morgan fingerprint density at radius 2 is 2.07 bits per heavy atom. The summed E-state index contributed by atoms with van der Waals surface area (Å²) in [6.07, 6.45) is 0. The molecule has 1 aromatic carbocycles. The molecule has 14 heavy (non-hydrogen) atoms. The van der Waals surface area contributed by atoms with Crippen molar-refractivity contribution in [3.63, 3.8) is 0 Å². The van der Waals surface area contributed by atoms with E-state index in [0.717, 1.165) is 18.2 Å². The third kappa shape index (κ3) is 2.67. The van der Waals surface area contributed by atoms with Gasteiger partial charge in [0.2, 0.25) is 0 Å². The van der Waals surface area contributed by atoms with Gasteiger partial charge < -0.3 is 10.6 Å². The van der Waals surface area contributed by atoms with Crippen molar-refractivity contribution >= 4 is 5.69 Å². The lowest BCUT2D eigenvalue weighted by Crippen LogP contribution is -2.33. The number of halogens is 2. The van der Waals surface area contributed by atoms with Gasteiger partial charge in [-0.1, -0.05) is 0 Å². The van der Waals surface area contributed by atoms with Gasteiger partial charge in [-0.25, -0.2) is 8.78 Å². The Kier molecular flexibility index (Phi) is 3.41. The van der Waals surface area contributed by atoms with Crippen LogP contribution in [0.15, 0.2) is 18.2 Å².